The van der Waals surface area contributed by atoms with Crippen LogP contribution in [0.3, 0.4) is 0 Å². The van der Waals surface area contributed by atoms with Crippen molar-refractivity contribution in [2.24, 2.45) is 14.1 Å². The fourth-order valence-corrected chi connectivity index (χ4v) is 3.70. The van der Waals surface area contributed by atoms with Crippen LogP contribution in [0.5, 0.6) is 0 Å². The number of halogens is 1. The van der Waals surface area contributed by atoms with Crippen molar-refractivity contribution in [3.63, 3.8) is 0 Å². The highest BCUT2D eigenvalue weighted by molar-refractivity contribution is 5.76. The highest BCUT2D eigenvalue weighted by atomic mass is 19.1. The quantitative estimate of drug-likeness (QED) is 0.341. The molecule has 6 rings (SSSR count). The highest BCUT2D eigenvalue weighted by Crippen LogP contribution is 2.32. The third kappa shape index (κ3) is 3.65. The van der Waals surface area contributed by atoms with E-state index in [1.165, 1.54) is 17.7 Å². The van der Waals surface area contributed by atoms with E-state index >= 15 is 0 Å². The van der Waals surface area contributed by atoms with Gasteiger partial charge in [0, 0.05) is 38.4 Å². The lowest BCUT2D eigenvalue weighted by Gasteiger charge is -2.08. The van der Waals surface area contributed by atoms with Gasteiger partial charge in [-0.3, -0.25) is 9.36 Å². The van der Waals surface area contributed by atoms with Gasteiger partial charge in [0.15, 0.2) is 5.82 Å². The van der Waals surface area contributed by atoms with Crippen LogP contribution >= 0.6 is 0 Å². The van der Waals surface area contributed by atoms with E-state index < -0.39 is 0 Å². The number of rotatable bonds is 0. The molecule has 4 heterocycles. The van der Waals surface area contributed by atoms with Crippen LogP contribution in [0.2, 0.25) is 0 Å². The molecule has 0 atom stereocenters. The van der Waals surface area contributed by atoms with Crippen molar-refractivity contribution in [1.82, 2.24) is 19.6 Å². The smallest absolute Gasteiger partial charge is 0.152 e. The third-order valence-electron chi connectivity index (χ3n) is 5.39. The summed E-state index contributed by atoms with van der Waals surface area (Å²) in [6.45, 7) is 1.41. The zero-order valence-corrected chi connectivity index (χ0v) is 17.3. The number of aromatic nitrogens is 4. The number of hydrogen-bond donors (Lipinski definition) is 4. The molecule has 8 nitrogen and oxygen atoms in total. The molecule has 158 valence electrons. The number of nitrogens with one attached hydrogen (secondary N) is 4. The first-order valence-corrected chi connectivity index (χ1v) is 10.0. The van der Waals surface area contributed by atoms with E-state index in [0.717, 1.165) is 46.5 Å². The van der Waals surface area contributed by atoms with Crippen molar-refractivity contribution < 1.29 is 4.39 Å². The molecule has 0 aliphatic carbocycles. The Morgan fingerprint density at radius 2 is 1.42 bits per heavy atom. The van der Waals surface area contributed by atoms with Gasteiger partial charge in [-0.2, -0.15) is 10.2 Å². The third-order valence-corrected chi connectivity index (χ3v) is 5.39. The lowest BCUT2D eigenvalue weighted by atomic mass is 10.2. The second-order valence-electron chi connectivity index (χ2n) is 7.48. The molecule has 0 saturated heterocycles. The Morgan fingerprint density at radius 3 is 2.29 bits per heavy atom. The summed E-state index contributed by atoms with van der Waals surface area (Å²) in [5.74, 6) is 1.74. The van der Waals surface area contributed by atoms with Crippen molar-refractivity contribution in [2.45, 2.75) is 13.1 Å². The van der Waals surface area contributed by atoms with Crippen molar-refractivity contribution in [2.75, 3.05) is 21.3 Å². The summed E-state index contributed by atoms with van der Waals surface area (Å²) < 4.78 is 16.7. The summed E-state index contributed by atoms with van der Waals surface area (Å²) in [5.41, 5.74) is 6.17. The molecule has 4 aromatic rings. The number of para-hydroxylation sites is 2. The van der Waals surface area contributed by atoms with E-state index in [-0.39, 0.29) is 5.82 Å². The van der Waals surface area contributed by atoms with Gasteiger partial charge >= 0.3 is 0 Å². The van der Waals surface area contributed by atoms with Crippen LogP contribution in [0.1, 0.15) is 11.1 Å². The molecule has 0 spiro atoms. The standard InChI is InChI=1S/C11H11FN4.C11H12N4/c1-16-11-10(6-14-16)13-5-7-4-8(12)2-3-9(7)15-11;1-15-11-8(7-13-15)6-12-9-4-2-3-5-10(9)14-11/h2-4,6,13,15H,5H2,1H3;2-5,7,12,14H,6H2,1H3. The normalized spacial score (nSPS) is 13.1. The van der Waals surface area contributed by atoms with E-state index in [2.05, 4.69) is 43.6 Å². The lowest BCUT2D eigenvalue weighted by Crippen LogP contribution is -2.00. The van der Waals surface area contributed by atoms with Gasteiger partial charge in [0.1, 0.15) is 11.6 Å². The summed E-state index contributed by atoms with van der Waals surface area (Å²) in [5, 5.41) is 21.6. The van der Waals surface area contributed by atoms with Crippen LogP contribution in [0, 0.1) is 5.82 Å². The molecule has 2 aromatic carbocycles. The lowest BCUT2D eigenvalue weighted by molar-refractivity contribution is 0.626. The number of benzene rings is 2. The number of anilines is 6. The van der Waals surface area contributed by atoms with Gasteiger partial charge in [-0.1, -0.05) is 12.1 Å². The summed E-state index contributed by atoms with van der Waals surface area (Å²) in [6.07, 6.45) is 3.64. The Balaban J connectivity index is 0.000000132. The van der Waals surface area contributed by atoms with Crippen LogP contribution < -0.4 is 21.3 Å². The van der Waals surface area contributed by atoms with Crippen LogP contribution in [0.4, 0.5) is 38.8 Å². The summed E-state index contributed by atoms with van der Waals surface area (Å²) in [4.78, 5) is 0. The Morgan fingerprint density at radius 1 is 0.742 bits per heavy atom. The zero-order valence-electron chi connectivity index (χ0n) is 17.3. The van der Waals surface area contributed by atoms with Crippen LogP contribution in [-0.2, 0) is 27.2 Å². The number of nitrogens with zero attached hydrogens (tertiary/aromatic N) is 4. The molecular formula is C22H23FN8. The van der Waals surface area contributed by atoms with E-state index in [1.54, 1.807) is 16.9 Å². The van der Waals surface area contributed by atoms with Crippen molar-refractivity contribution >= 4 is 34.4 Å². The van der Waals surface area contributed by atoms with Crippen molar-refractivity contribution in [3.05, 3.63) is 71.8 Å². The number of fused-ring (bicyclic) bond motifs is 4. The summed E-state index contributed by atoms with van der Waals surface area (Å²) in [7, 11) is 3.81. The molecule has 2 aliphatic heterocycles. The summed E-state index contributed by atoms with van der Waals surface area (Å²) in [6, 6.07) is 12.9. The molecule has 0 radical (unpaired) electrons. The molecule has 9 heteroatoms. The molecule has 0 fully saturated rings. The first kappa shape index (κ1) is 19.0. The van der Waals surface area contributed by atoms with Gasteiger partial charge in [0.25, 0.3) is 0 Å². The average Bonchev–Trinajstić information content (AvgIpc) is 3.15. The molecule has 4 N–H and O–H groups in total. The van der Waals surface area contributed by atoms with Gasteiger partial charge in [0.05, 0.1) is 29.5 Å². The molecule has 2 aliphatic rings. The largest absolute Gasteiger partial charge is 0.379 e. The predicted octanol–water partition coefficient (Wildman–Crippen LogP) is 4.32. The molecule has 2 aromatic heterocycles. The maximum atomic E-state index is 13.1. The van der Waals surface area contributed by atoms with Gasteiger partial charge < -0.3 is 21.3 Å². The minimum Gasteiger partial charge on any atom is -0.379 e. The number of hydrogen-bond acceptors (Lipinski definition) is 6. The van der Waals surface area contributed by atoms with Crippen molar-refractivity contribution in [3.8, 4) is 0 Å². The van der Waals surface area contributed by atoms with Crippen LogP contribution in [0.15, 0.2) is 54.9 Å². The second kappa shape index (κ2) is 7.67. The Kier molecular flexibility index (Phi) is 4.70. The minimum absolute atomic E-state index is 0.216. The molecule has 0 unspecified atom stereocenters. The average molecular weight is 418 g/mol. The van der Waals surface area contributed by atoms with E-state index in [9.17, 15) is 4.39 Å². The topological polar surface area (TPSA) is 83.8 Å². The Labute approximate surface area is 179 Å². The minimum atomic E-state index is -0.216. The second-order valence-corrected chi connectivity index (χ2v) is 7.48. The van der Waals surface area contributed by atoms with E-state index in [0.29, 0.717) is 6.54 Å². The number of aryl methyl sites for hydroxylation is 2. The van der Waals surface area contributed by atoms with Gasteiger partial charge in [-0.25, -0.2) is 4.39 Å². The van der Waals surface area contributed by atoms with Crippen LogP contribution in [0.25, 0.3) is 0 Å². The molecule has 0 saturated carbocycles. The molecule has 31 heavy (non-hydrogen) atoms. The summed E-state index contributed by atoms with van der Waals surface area (Å²) >= 11 is 0. The Hall–Kier alpha value is -4.01. The fourth-order valence-electron chi connectivity index (χ4n) is 3.70. The van der Waals surface area contributed by atoms with Gasteiger partial charge in [0.2, 0.25) is 0 Å². The maximum Gasteiger partial charge on any atom is 0.152 e. The first-order valence-electron chi connectivity index (χ1n) is 10.0. The van der Waals surface area contributed by atoms with Gasteiger partial charge in [-0.15, -0.1) is 0 Å². The van der Waals surface area contributed by atoms with Crippen LogP contribution in [-0.4, -0.2) is 19.6 Å². The predicted molar refractivity (Wildman–Crippen MR) is 120 cm³/mol. The molecule has 0 amide bonds. The van der Waals surface area contributed by atoms with E-state index in [4.69, 9.17) is 0 Å². The fraction of sp³-hybridized carbons (Fsp3) is 0.182. The van der Waals surface area contributed by atoms with Gasteiger partial charge in [-0.05, 0) is 35.9 Å². The monoisotopic (exact) mass is 418 g/mol. The Bertz CT molecular complexity index is 1240. The van der Waals surface area contributed by atoms with Crippen molar-refractivity contribution in [1.29, 1.82) is 0 Å². The SMILES string of the molecule is Cn1ncc2c1Nc1ccc(F)cc1CN2.Cn1ncc2c1Nc1ccccc1NC2. The zero-order chi connectivity index (χ0) is 21.4. The maximum absolute atomic E-state index is 13.1. The highest BCUT2D eigenvalue weighted by Gasteiger charge is 2.16. The van der Waals surface area contributed by atoms with E-state index in [1.807, 2.05) is 37.1 Å². The molecule has 0 bridgehead atoms. The first-order chi connectivity index (χ1) is 15.1. The molecular weight excluding hydrogens is 395 g/mol.